The van der Waals surface area contributed by atoms with Gasteiger partial charge in [0.2, 0.25) is 0 Å². The van der Waals surface area contributed by atoms with Crippen molar-refractivity contribution in [1.29, 1.82) is 0 Å². The Morgan fingerprint density at radius 3 is 2.43 bits per heavy atom. The van der Waals surface area contributed by atoms with Crippen molar-refractivity contribution in [2.24, 2.45) is 5.73 Å². The number of carbonyl (C=O) groups excluding carboxylic acids is 1. The standard InChI is InChI=1S/C24H30N2O2/c1-17-7-12-21-20(15-17)26(14-6-5-13-25)23(27)22(28-21)16-18-8-10-19(11-9-18)24(2,3)4/h7-12,15-16H,5-6,13-14,25H2,1-4H3/b22-16+. The third-order valence-corrected chi connectivity index (χ3v) is 4.99. The number of amides is 1. The Kier molecular flexibility index (Phi) is 5.90. The summed E-state index contributed by atoms with van der Waals surface area (Å²) in [6.45, 7) is 9.84. The van der Waals surface area contributed by atoms with E-state index >= 15 is 0 Å². The van der Waals surface area contributed by atoms with Gasteiger partial charge in [-0.05, 0) is 66.6 Å². The van der Waals surface area contributed by atoms with Gasteiger partial charge in [-0.25, -0.2) is 0 Å². The van der Waals surface area contributed by atoms with Crippen LogP contribution >= 0.6 is 0 Å². The van der Waals surface area contributed by atoms with Crippen LogP contribution in [0.15, 0.2) is 48.2 Å². The van der Waals surface area contributed by atoms with Crippen molar-refractivity contribution in [3.63, 3.8) is 0 Å². The number of anilines is 1. The van der Waals surface area contributed by atoms with E-state index in [1.54, 1.807) is 0 Å². The number of ether oxygens (including phenoxy) is 1. The van der Waals surface area contributed by atoms with Gasteiger partial charge in [0.1, 0.15) is 0 Å². The third kappa shape index (κ3) is 4.45. The van der Waals surface area contributed by atoms with Crippen molar-refractivity contribution in [3.8, 4) is 5.75 Å². The van der Waals surface area contributed by atoms with Crippen LogP contribution in [0, 0.1) is 6.92 Å². The maximum atomic E-state index is 13.1. The van der Waals surface area contributed by atoms with Gasteiger partial charge in [0.25, 0.3) is 5.91 Å². The summed E-state index contributed by atoms with van der Waals surface area (Å²) < 4.78 is 5.98. The van der Waals surface area contributed by atoms with E-state index in [9.17, 15) is 4.79 Å². The zero-order chi connectivity index (χ0) is 20.3. The molecule has 0 unspecified atom stereocenters. The topological polar surface area (TPSA) is 55.6 Å². The van der Waals surface area contributed by atoms with Crippen LogP contribution in [0.2, 0.25) is 0 Å². The van der Waals surface area contributed by atoms with Crippen LogP contribution in [-0.4, -0.2) is 19.0 Å². The molecule has 1 aliphatic heterocycles. The monoisotopic (exact) mass is 378 g/mol. The molecule has 0 radical (unpaired) electrons. The summed E-state index contributed by atoms with van der Waals surface area (Å²) in [7, 11) is 0. The van der Waals surface area contributed by atoms with Crippen molar-refractivity contribution in [2.45, 2.75) is 46.0 Å². The Hall–Kier alpha value is -2.59. The number of hydrogen-bond donors (Lipinski definition) is 1. The molecule has 0 saturated carbocycles. The maximum absolute atomic E-state index is 13.1. The zero-order valence-electron chi connectivity index (χ0n) is 17.3. The number of rotatable bonds is 5. The van der Waals surface area contributed by atoms with E-state index in [0.29, 0.717) is 18.8 Å². The zero-order valence-corrected chi connectivity index (χ0v) is 17.3. The van der Waals surface area contributed by atoms with Crippen molar-refractivity contribution in [2.75, 3.05) is 18.0 Å². The number of aryl methyl sites for hydroxylation is 1. The second-order valence-corrected chi connectivity index (χ2v) is 8.41. The molecule has 0 atom stereocenters. The van der Waals surface area contributed by atoms with Crippen LogP contribution in [0.1, 0.15) is 50.3 Å². The highest BCUT2D eigenvalue weighted by atomic mass is 16.5. The van der Waals surface area contributed by atoms with Gasteiger partial charge in [0, 0.05) is 6.54 Å². The largest absolute Gasteiger partial charge is 0.449 e. The molecule has 2 aromatic carbocycles. The van der Waals surface area contributed by atoms with Crippen LogP contribution in [0.3, 0.4) is 0 Å². The Bertz CT molecular complexity index is 876. The molecule has 4 heteroatoms. The average molecular weight is 379 g/mol. The fourth-order valence-corrected chi connectivity index (χ4v) is 3.29. The lowest BCUT2D eigenvalue weighted by molar-refractivity contribution is -0.117. The smallest absolute Gasteiger partial charge is 0.294 e. The highest BCUT2D eigenvalue weighted by Crippen LogP contribution is 2.37. The van der Waals surface area contributed by atoms with Gasteiger partial charge < -0.3 is 15.4 Å². The van der Waals surface area contributed by atoms with Crippen molar-refractivity contribution < 1.29 is 9.53 Å². The minimum Gasteiger partial charge on any atom is -0.449 e. The van der Waals surface area contributed by atoms with Crippen LogP contribution in [0.4, 0.5) is 5.69 Å². The first-order valence-corrected chi connectivity index (χ1v) is 9.92. The molecule has 1 amide bonds. The predicted molar refractivity (Wildman–Crippen MR) is 116 cm³/mol. The number of carbonyl (C=O) groups is 1. The molecule has 1 heterocycles. The molecule has 0 aliphatic carbocycles. The van der Waals surface area contributed by atoms with Gasteiger partial charge in [0.15, 0.2) is 11.5 Å². The summed E-state index contributed by atoms with van der Waals surface area (Å²) in [5.74, 6) is 0.970. The quantitative estimate of drug-likeness (QED) is 0.601. The van der Waals surface area contributed by atoms with Gasteiger partial charge in [-0.2, -0.15) is 0 Å². The predicted octanol–water partition coefficient (Wildman–Crippen LogP) is 4.80. The molecule has 28 heavy (non-hydrogen) atoms. The van der Waals surface area contributed by atoms with Gasteiger partial charge in [-0.1, -0.05) is 51.1 Å². The minimum atomic E-state index is -0.102. The summed E-state index contributed by atoms with van der Waals surface area (Å²) in [4.78, 5) is 14.9. The van der Waals surface area contributed by atoms with Crippen LogP contribution < -0.4 is 15.4 Å². The average Bonchev–Trinajstić information content (AvgIpc) is 2.65. The summed E-state index contributed by atoms with van der Waals surface area (Å²) in [6.07, 6.45) is 3.58. The lowest BCUT2D eigenvalue weighted by atomic mass is 9.87. The Balaban J connectivity index is 1.92. The highest BCUT2D eigenvalue weighted by molar-refractivity contribution is 6.09. The fourth-order valence-electron chi connectivity index (χ4n) is 3.29. The first kappa shape index (κ1) is 20.2. The third-order valence-electron chi connectivity index (χ3n) is 4.99. The molecule has 1 aliphatic rings. The highest BCUT2D eigenvalue weighted by Gasteiger charge is 2.30. The lowest BCUT2D eigenvalue weighted by Gasteiger charge is -2.31. The fraction of sp³-hybridized carbons (Fsp3) is 0.375. The van der Waals surface area contributed by atoms with E-state index in [1.165, 1.54) is 5.56 Å². The molecule has 148 valence electrons. The number of fused-ring (bicyclic) bond motifs is 1. The normalized spacial score (nSPS) is 15.5. The number of benzene rings is 2. The number of nitrogens with two attached hydrogens (primary N) is 1. The van der Waals surface area contributed by atoms with E-state index in [2.05, 4.69) is 32.9 Å². The van der Waals surface area contributed by atoms with Gasteiger partial charge in [-0.15, -0.1) is 0 Å². The molecule has 3 rings (SSSR count). The molecule has 0 aromatic heterocycles. The summed E-state index contributed by atoms with van der Waals surface area (Å²) in [5, 5.41) is 0. The first-order chi connectivity index (χ1) is 13.3. The van der Waals surface area contributed by atoms with Gasteiger partial charge >= 0.3 is 0 Å². The second kappa shape index (κ2) is 8.19. The van der Waals surface area contributed by atoms with Crippen molar-refractivity contribution in [3.05, 3.63) is 64.9 Å². The van der Waals surface area contributed by atoms with Crippen LogP contribution in [-0.2, 0) is 10.2 Å². The molecule has 2 aromatic rings. The summed E-state index contributed by atoms with van der Waals surface area (Å²) in [5.41, 5.74) is 9.87. The molecular formula is C24H30N2O2. The van der Waals surface area contributed by atoms with E-state index in [1.807, 2.05) is 48.2 Å². The second-order valence-electron chi connectivity index (χ2n) is 8.41. The maximum Gasteiger partial charge on any atom is 0.294 e. The summed E-state index contributed by atoms with van der Waals surface area (Å²) >= 11 is 0. The Morgan fingerprint density at radius 1 is 1.07 bits per heavy atom. The number of hydrogen-bond acceptors (Lipinski definition) is 3. The number of nitrogens with zero attached hydrogens (tertiary/aromatic N) is 1. The lowest BCUT2D eigenvalue weighted by Crippen LogP contribution is -2.38. The number of unbranched alkanes of at least 4 members (excludes halogenated alkanes) is 1. The molecule has 2 N–H and O–H groups in total. The van der Waals surface area contributed by atoms with Gasteiger partial charge in [-0.3, -0.25) is 4.79 Å². The van der Waals surface area contributed by atoms with E-state index in [0.717, 1.165) is 35.4 Å². The van der Waals surface area contributed by atoms with Crippen molar-refractivity contribution >= 4 is 17.7 Å². The van der Waals surface area contributed by atoms with Crippen LogP contribution in [0.5, 0.6) is 5.75 Å². The van der Waals surface area contributed by atoms with E-state index < -0.39 is 0 Å². The first-order valence-electron chi connectivity index (χ1n) is 9.92. The summed E-state index contributed by atoms with van der Waals surface area (Å²) in [6, 6.07) is 14.2. The minimum absolute atomic E-state index is 0.0966. The molecule has 4 nitrogen and oxygen atoms in total. The molecular weight excluding hydrogens is 348 g/mol. The van der Waals surface area contributed by atoms with Gasteiger partial charge in [0.05, 0.1) is 5.69 Å². The molecule has 0 saturated heterocycles. The molecule has 0 fully saturated rings. The Morgan fingerprint density at radius 2 is 1.79 bits per heavy atom. The molecule has 0 bridgehead atoms. The Labute approximate surface area is 168 Å². The molecule has 0 spiro atoms. The van der Waals surface area contributed by atoms with Crippen molar-refractivity contribution in [1.82, 2.24) is 0 Å². The SMILES string of the molecule is Cc1ccc2c(c1)N(CCCCN)C(=O)/C(=C\c1ccc(C(C)(C)C)cc1)O2. The van der Waals surface area contributed by atoms with Crippen LogP contribution in [0.25, 0.3) is 6.08 Å². The van der Waals surface area contributed by atoms with E-state index in [4.69, 9.17) is 10.5 Å². The van der Waals surface area contributed by atoms with E-state index in [-0.39, 0.29) is 11.3 Å².